The number of aromatic carboxylic acids is 1. The van der Waals surface area contributed by atoms with Crippen LogP contribution in [0.25, 0.3) is 0 Å². The molecule has 5 heteroatoms. The van der Waals surface area contributed by atoms with Crippen molar-refractivity contribution in [2.24, 2.45) is 0 Å². The third kappa shape index (κ3) is 6.13. The average Bonchev–Trinajstić information content (AvgIpc) is 2.59. The van der Waals surface area contributed by atoms with E-state index in [2.05, 4.69) is 0 Å². The van der Waals surface area contributed by atoms with Crippen molar-refractivity contribution in [2.45, 2.75) is 25.7 Å². The maximum atomic E-state index is 11.1. The van der Waals surface area contributed by atoms with Crippen molar-refractivity contribution in [3.8, 4) is 11.5 Å². The number of para-hydroxylation sites is 1. The van der Waals surface area contributed by atoms with Crippen LogP contribution in [0.5, 0.6) is 11.5 Å². The van der Waals surface area contributed by atoms with Crippen LogP contribution in [0.2, 0.25) is 5.02 Å². The Bertz CT molecular complexity index is 640. The van der Waals surface area contributed by atoms with Gasteiger partial charge in [-0.05, 0) is 62.1 Å². The van der Waals surface area contributed by atoms with Crippen LogP contribution in [0.3, 0.4) is 0 Å². The summed E-state index contributed by atoms with van der Waals surface area (Å²) < 4.78 is 11.2. The summed E-state index contributed by atoms with van der Waals surface area (Å²) in [4.78, 5) is 11.1. The van der Waals surface area contributed by atoms with Gasteiger partial charge in [0.15, 0.2) is 0 Å². The van der Waals surface area contributed by atoms with Crippen molar-refractivity contribution in [3.05, 3.63) is 59.1 Å². The second-order valence-corrected chi connectivity index (χ2v) is 5.80. The van der Waals surface area contributed by atoms with Gasteiger partial charge in [0.25, 0.3) is 0 Å². The van der Waals surface area contributed by atoms with E-state index in [9.17, 15) is 4.79 Å². The van der Waals surface area contributed by atoms with Crippen LogP contribution in [0.1, 0.15) is 36.0 Å². The van der Waals surface area contributed by atoms with Crippen LogP contribution in [-0.4, -0.2) is 24.3 Å². The minimum atomic E-state index is -0.968. The molecule has 0 unspecified atom stereocenters. The van der Waals surface area contributed by atoms with E-state index in [1.54, 1.807) is 24.3 Å². The first-order valence-electron chi connectivity index (χ1n) is 8.00. The van der Waals surface area contributed by atoms with Crippen molar-refractivity contribution >= 4 is 17.6 Å². The average molecular weight is 349 g/mol. The molecule has 0 aliphatic rings. The summed E-state index contributed by atoms with van der Waals surface area (Å²) in [7, 11) is 0. The first-order valence-corrected chi connectivity index (χ1v) is 8.38. The van der Waals surface area contributed by atoms with Gasteiger partial charge in [0.1, 0.15) is 17.1 Å². The number of hydrogen-bond acceptors (Lipinski definition) is 3. The number of benzene rings is 2. The van der Waals surface area contributed by atoms with Crippen molar-refractivity contribution in [3.63, 3.8) is 0 Å². The molecular formula is C19H21ClO4. The van der Waals surface area contributed by atoms with E-state index in [0.29, 0.717) is 24.0 Å². The lowest BCUT2D eigenvalue weighted by molar-refractivity contribution is 0.0692. The van der Waals surface area contributed by atoms with Gasteiger partial charge in [-0.1, -0.05) is 23.7 Å². The lowest BCUT2D eigenvalue weighted by Gasteiger charge is -2.09. The summed E-state index contributed by atoms with van der Waals surface area (Å²) in [5.41, 5.74) is 0.203. The number of halogens is 1. The summed E-state index contributed by atoms with van der Waals surface area (Å²) >= 11 is 5.82. The highest BCUT2D eigenvalue weighted by Gasteiger charge is 2.09. The molecule has 0 atom stereocenters. The summed E-state index contributed by atoms with van der Waals surface area (Å²) in [6.45, 7) is 1.19. The SMILES string of the molecule is O=C(O)c1ccccc1OCCCCCCOc1ccc(Cl)cc1. The lowest BCUT2D eigenvalue weighted by atomic mass is 10.2. The van der Waals surface area contributed by atoms with Crippen LogP contribution < -0.4 is 9.47 Å². The number of carboxylic acids is 1. The third-order valence-electron chi connectivity index (χ3n) is 3.50. The minimum Gasteiger partial charge on any atom is -0.494 e. The van der Waals surface area contributed by atoms with E-state index in [1.807, 2.05) is 24.3 Å². The predicted octanol–water partition coefficient (Wildman–Crippen LogP) is 5.06. The van der Waals surface area contributed by atoms with E-state index in [1.165, 1.54) is 0 Å². The van der Waals surface area contributed by atoms with Gasteiger partial charge >= 0.3 is 5.97 Å². The van der Waals surface area contributed by atoms with Crippen molar-refractivity contribution in [2.75, 3.05) is 13.2 Å². The van der Waals surface area contributed by atoms with Gasteiger partial charge in [-0.25, -0.2) is 4.79 Å². The smallest absolute Gasteiger partial charge is 0.339 e. The fourth-order valence-electron chi connectivity index (χ4n) is 2.23. The van der Waals surface area contributed by atoms with E-state index < -0.39 is 5.97 Å². The molecule has 0 amide bonds. The fourth-order valence-corrected chi connectivity index (χ4v) is 2.36. The highest BCUT2D eigenvalue weighted by molar-refractivity contribution is 6.30. The second kappa shape index (κ2) is 9.83. The van der Waals surface area contributed by atoms with Gasteiger partial charge in [-0.15, -0.1) is 0 Å². The quantitative estimate of drug-likeness (QED) is 0.610. The normalized spacial score (nSPS) is 10.4. The maximum Gasteiger partial charge on any atom is 0.339 e. The molecule has 0 aromatic heterocycles. The van der Waals surface area contributed by atoms with Crippen molar-refractivity contribution in [1.29, 1.82) is 0 Å². The zero-order chi connectivity index (χ0) is 17.2. The molecule has 0 fully saturated rings. The van der Waals surface area contributed by atoms with E-state index in [0.717, 1.165) is 31.4 Å². The molecule has 0 bridgehead atoms. The topological polar surface area (TPSA) is 55.8 Å². The molecule has 2 aromatic carbocycles. The number of ether oxygens (including phenoxy) is 2. The van der Waals surface area contributed by atoms with Gasteiger partial charge in [0.05, 0.1) is 13.2 Å². The van der Waals surface area contributed by atoms with Crippen LogP contribution in [0, 0.1) is 0 Å². The van der Waals surface area contributed by atoms with Gasteiger partial charge in [-0.2, -0.15) is 0 Å². The lowest BCUT2D eigenvalue weighted by Crippen LogP contribution is -2.04. The molecule has 0 heterocycles. The standard InChI is InChI=1S/C19H21ClO4/c20-15-9-11-16(12-10-15)23-13-5-1-2-6-14-24-18-8-4-3-7-17(18)19(21)22/h3-4,7-12H,1-2,5-6,13-14H2,(H,21,22). The summed E-state index contributed by atoms with van der Waals surface area (Å²) in [6, 6.07) is 14.0. The Morgan fingerprint density at radius 1 is 0.875 bits per heavy atom. The summed E-state index contributed by atoms with van der Waals surface area (Å²) in [5.74, 6) is 0.286. The number of carbonyl (C=O) groups is 1. The number of rotatable bonds is 10. The Hall–Kier alpha value is -2.20. The number of hydrogen-bond donors (Lipinski definition) is 1. The Labute approximate surface area is 147 Å². The van der Waals surface area contributed by atoms with Crippen LogP contribution >= 0.6 is 11.6 Å². The Morgan fingerprint density at radius 3 is 2.17 bits per heavy atom. The Balaban J connectivity index is 1.56. The third-order valence-corrected chi connectivity index (χ3v) is 3.75. The molecule has 0 aliphatic heterocycles. The molecule has 0 saturated carbocycles. The van der Waals surface area contributed by atoms with Crippen molar-refractivity contribution in [1.82, 2.24) is 0 Å². The monoisotopic (exact) mass is 348 g/mol. The molecule has 1 N–H and O–H groups in total. The maximum absolute atomic E-state index is 11.1. The summed E-state index contributed by atoms with van der Waals surface area (Å²) in [6.07, 6.45) is 3.90. The first kappa shape index (κ1) is 18.1. The zero-order valence-electron chi connectivity index (χ0n) is 13.4. The van der Waals surface area contributed by atoms with Gasteiger partial charge in [-0.3, -0.25) is 0 Å². The molecule has 0 radical (unpaired) electrons. The molecular weight excluding hydrogens is 328 g/mol. The highest BCUT2D eigenvalue weighted by Crippen LogP contribution is 2.18. The highest BCUT2D eigenvalue weighted by atomic mass is 35.5. The summed E-state index contributed by atoms with van der Waals surface area (Å²) in [5, 5.41) is 9.77. The molecule has 2 aromatic rings. The Morgan fingerprint density at radius 2 is 1.50 bits per heavy atom. The van der Waals surface area contributed by atoms with Gasteiger partial charge in [0.2, 0.25) is 0 Å². The number of unbranched alkanes of at least 4 members (excludes halogenated alkanes) is 3. The fraction of sp³-hybridized carbons (Fsp3) is 0.316. The van der Waals surface area contributed by atoms with E-state index >= 15 is 0 Å². The number of carboxylic acid groups (broad SMARTS) is 1. The van der Waals surface area contributed by atoms with Gasteiger partial charge < -0.3 is 14.6 Å². The van der Waals surface area contributed by atoms with Crippen LogP contribution in [-0.2, 0) is 0 Å². The van der Waals surface area contributed by atoms with Crippen LogP contribution in [0.15, 0.2) is 48.5 Å². The molecule has 4 nitrogen and oxygen atoms in total. The molecule has 128 valence electrons. The molecule has 0 spiro atoms. The first-order chi connectivity index (χ1) is 11.7. The minimum absolute atomic E-state index is 0.203. The molecule has 0 aliphatic carbocycles. The molecule has 0 saturated heterocycles. The molecule has 2 rings (SSSR count). The second-order valence-electron chi connectivity index (χ2n) is 5.37. The predicted molar refractivity (Wildman–Crippen MR) is 94.3 cm³/mol. The van der Waals surface area contributed by atoms with Crippen molar-refractivity contribution < 1.29 is 19.4 Å². The van der Waals surface area contributed by atoms with Gasteiger partial charge in [0, 0.05) is 5.02 Å². The van der Waals surface area contributed by atoms with E-state index in [4.69, 9.17) is 26.2 Å². The van der Waals surface area contributed by atoms with Crippen LogP contribution in [0.4, 0.5) is 0 Å². The van der Waals surface area contributed by atoms with E-state index in [-0.39, 0.29) is 5.56 Å². The largest absolute Gasteiger partial charge is 0.494 e. The Kier molecular flexibility index (Phi) is 7.43. The molecule has 24 heavy (non-hydrogen) atoms. The zero-order valence-corrected chi connectivity index (χ0v) is 14.2.